The van der Waals surface area contributed by atoms with Gasteiger partial charge in [-0.2, -0.15) is 5.26 Å². The number of unbranched alkanes of at least 4 members (excludes halogenated alkanes) is 1. The van der Waals surface area contributed by atoms with Gasteiger partial charge in [0.05, 0.1) is 23.9 Å². The van der Waals surface area contributed by atoms with Gasteiger partial charge in [0.25, 0.3) is 0 Å². The normalized spacial score (nSPS) is 11.7. The third-order valence-electron chi connectivity index (χ3n) is 5.35. The Hall–Kier alpha value is -3.43. The number of carbonyl (C=O) groups is 1. The Labute approximate surface area is 183 Å². The maximum Gasteiger partial charge on any atom is 0.321 e. The van der Waals surface area contributed by atoms with Gasteiger partial charge in [-0.05, 0) is 30.0 Å². The Bertz CT molecular complexity index is 1040. The van der Waals surface area contributed by atoms with E-state index < -0.39 is 12.0 Å². The van der Waals surface area contributed by atoms with Gasteiger partial charge in [-0.25, -0.2) is 4.98 Å². The van der Waals surface area contributed by atoms with Crippen LogP contribution in [0.3, 0.4) is 0 Å². The Morgan fingerprint density at radius 2 is 1.94 bits per heavy atom. The van der Waals surface area contributed by atoms with Crippen LogP contribution >= 0.6 is 0 Å². The molecule has 0 aliphatic rings. The molecule has 0 amide bonds. The molecule has 0 aliphatic carbocycles. The molecule has 2 aromatic carbocycles. The van der Waals surface area contributed by atoms with Crippen molar-refractivity contribution < 1.29 is 9.90 Å². The first-order valence-corrected chi connectivity index (χ1v) is 10.6. The summed E-state index contributed by atoms with van der Waals surface area (Å²) in [6, 6.07) is 18.7. The number of nitrogens with zero attached hydrogens (tertiary/aromatic N) is 3. The van der Waals surface area contributed by atoms with Gasteiger partial charge in [-0.15, -0.1) is 0 Å². The second-order valence-corrected chi connectivity index (χ2v) is 7.59. The molecule has 0 radical (unpaired) electrons. The van der Waals surface area contributed by atoms with E-state index in [1.807, 2.05) is 60.8 Å². The first-order chi connectivity index (χ1) is 15.1. The molecule has 31 heavy (non-hydrogen) atoms. The SMILES string of the molecule is CCCCc1ncc(CN[C@@H](Cc2ccccc2)C(=O)O)n1Cc1ccccc1C#N. The zero-order chi connectivity index (χ0) is 22.1. The number of benzene rings is 2. The molecule has 0 fully saturated rings. The van der Waals surface area contributed by atoms with Crippen molar-refractivity contribution in [1.82, 2.24) is 14.9 Å². The predicted octanol–water partition coefficient (Wildman–Crippen LogP) is 3.93. The lowest BCUT2D eigenvalue weighted by atomic mass is 10.1. The molecule has 3 aromatic rings. The number of nitriles is 1. The van der Waals surface area contributed by atoms with Crippen LogP contribution < -0.4 is 5.32 Å². The first kappa shape index (κ1) is 22.3. The molecule has 0 aliphatic heterocycles. The maximum atomic E-state index is 11.8. The number of carboxylic acids is 1. The van der Waals surface area contributed by atoms with Crippen molar-refractivity contribution in [3.8, 4) is 6.07 Å². The second kappa shape index (κ2) is 11.1. The highest BCUT2D eigenvalue weighted by Crippen LogP contribution is 2.16. The van der Waals surface area contributed by atoms with Crippen LogP contribution in [0.15, 0.2) is 60.8 Å². The summed E-state index contributed by atoms with van der Waals surface area (Å²) < 4.78 is 2.11. The lowest BCUT2D eigenvalue weighted by Gasteiger charge is -2.17. The number of rotatable bonds is 11. The van der Waals surface area contributed by atoms with Gasteiger partial charge in [0.15, 0.2) is 0 Å². The zero-order valence-electron chi connectivity index (χ0n) is 17.8. The van der Waals surface area contributed by atoms with E-state index >= 15 is 0 Å². The topological polar surface area (TPSA) is 90.9 Å². The maximum absolute atomic E-state index is 11.8. The van der Waals surface area contributed by atoms with E-state index in [2.05, 4.69) is 27.9 Å². The quantitative estimate of drug-likeness (QED) is 0.494. The van der Waals surface area contributed by atoms with Crippen LogP contribution in [-0.2, 0) is 30.7 Å². The van der Waals surface area contributed by atoms with Crippen molar-refractivity contribution in [1.29, 1.82) is 5.26 Å². The fourth-order valence-corrected chi connectivity index (χ4v) is 3.58. The smallest absolute Gasteiger partial charge is 0.321 e. The number of imidazole rings is 1. The number of hydrogen-bond acceptors (Lipinski definition) is 4. The number of aliphatic carboxylic acids is 1. The van der Waals surface area contributed by atoms with E-state index in [0.717, 1.165) is 41.9 Å². The molecule has 0 spiro atoms. The Kier molecular flexibility index (Phi) is 7.97. The number of aryl methyl sites for hydroxylation is 1. The van der Waals surface area contributed by atoms with Crippen LogP contribution in [0.5, 0.6) is 0 Å². The monoisotopic (exact) mass is 416 g/mol. The van der Waals surface area contributed by atoms with E-state index in [4.69, 9.17) is 0 Å². The number of nitrogens with one attached hydrogen (secondary N) is 1. The first-order valence-electron chi connectivity index (χ1n) is 10.6. The molecule has 0 saturated heterocycles. The van der Waals surface area contributed by atoms with Crippen molar-refractivity contribution in [2.24, 2.45) is 0 Å². The summed E-state index contributed by atoms with van der Waals surface area (Å²) in [5.41, 5.74) is 3.46. The zero-order valence-corrected chi connectivity index (χ0v) is 17.8. The summed E-state index contributed by atoms with van der Waals surface area (Å²) in [5, 5.41) is 22.3. The molecule has 6 nitrogen and oxygen atoms in total. The minimum Gasteiger partial charge on any atom is -0.480 e. The lowest BCUT2D eigenvalue weighted by Crippen LogP contribution is -2.38. The van der Waals surface area contributed by atoms with Crippen molar-refractivity contribution in [2.75, 3.05) is 0 Å². The van der Waals surface area contributed by atoms with Crippen LogP contribution in [0.2, 0.25) is 0 Å². The lowest BCUT2D eigenvalue weighted by molar-refractivity contribution is -0.139. The third-order valence-corrected chi connectivity index (χ3v) is 5.35. The van der Waals surface area contributed by atoms with E-state index in [9.17, 15) is 15.2 Å². The Morgan fingerprint density at radius 3 is 2.65 bits per heavy atom. The average Bonchev–Trinajstić information content (AvgIpc) is 3.17. The number of aromatic nitrogens is 2. The predicted molar refractivity (Wildman–Crippen MR) is 120 cm³/mol. The number of hydrogen-bond donors (Lipinski definition) is 2. The molecule has 1 heterocycles. The van der Waals surface area contributed by atoms with Crippen molar-refractivity contribution in [3.05, 3.63) is 89.0 Å². The van der Waals surface area contributed by atoms with E-state index in [-0.39, 0.29) is 0 Å². The molecular formula is C25H28N4O2. The summed E-state index contributed by atoms with van der Waals surface area (Å²) in [6.07, 6.45) is 5.15. The summed E-state index contributed by atoms with van der Waals surface area (Å²) >= 11 is 0. The highest BCUT2D eigenvalue weighted by molar-refractivity contribution is 5.73. The van der Waals surface area contributed by atoms with Crippen LogP contribution in [0, 0.1) is 11.3 Å². The second-order valence-electron chi connectivity index (χ2n) is 7.59. The Balaban J connectivity index is 1.80. The van der Waals surface area contributed by atoms with Crippen molar-refractivity contribution >= 4 is 5.97 Å². The molecule has 0 saturated carbocycles. The van der Waals surface area contributed by atoms with Gasteiger partial charge in [-0.3, -0.25) is 10.1 Å². The molecule has 0 bridgehead atoms. The molecule has 1 atom stereocenters. The summed E-state index contributed by atoms with van der Waals surface area (Å²) in [7, 11) is 0. The number of carboxylic acid groups (broad SMARTS) is 1. The highest BCUT2D eigenvalue weighted by atomic mass is 16.4. The van der Waals surface area contributed by atoms with Crippen LogP contribution in [0.4, 0.5) is 0 Å². The molecule has 0 unspecified atom stereocenters. The van der Waals surface area contributed by atoms with Crippen molar-refractivity contribution in [3.63, 3.8) is 0 Å². The Morgan fingerprint density at radius 1 is 1.19 bits per heavy atom. The van der Waals surface area contributed by atoms with Crippen LogP contribution in [-0.4, -0.2) is 26.7 Å². The van der Waals surface area contributed by atoms with E-state index in [1.165, 1.54) is 0 Å². The van der Waals surface area contributed by atoms with Crippen LogP contribution in [0.25, 0.3) is 0 Å². The molecule has 3 rings (SSSR count). The highest BCUT2D eigenvalue weighted by Gasteiger charge is 2.19. The van der Waals surface area contributed by atoms with Gasteiger partial charge < -0.3 is 9.67 Å². The van der Waals surface area contributed by atoms with E-state index in [1.54, 1.807) is 0 Å². The molecule has 2 N–H and O–H groups in total. The van der Waals surface area contributed by atoms with Gasteiger partial charge in [0, 0.05) is 19.2 Å². The molecule has 160 valence electrons. The molecule has 1 aromatic heterocycles. The van der Waals surface area contributed by atoms with Crippen molar-refractivity contribution in [2.45, 2.75) is 51.7 Å². The van der Waals surface area contributed by atoms with Gasteiger partial charge >= 0.3 is 5.97 Å². The van der Waals surface area contributed by atoms with Crippen LogP contribution in [0.1, 0.15) is 48.0 Å². The summed E-state index contributed by atoms with van der Waals surface area (Å²) in [5.74, 6) is 0.0808. The summed E-state index contributed by atoms with van der Waals surface area (Å²) in [4.78, 5) is 16.4. The molecule has 6 heteroatoms. The fraction of sp³-hybridized carbons (Fsp3) is 0.320. The third kappa shape index (κ3) is 6.03. The van der Waals surface area contributed by atoms with Gasteiger partial charge in [0.2, 0.25) is 0 Å². The minimum atomic E-state index is -0.879. The standard InChI is InChI=1S/C25H28N4O2/c1-2-3-13-24-28-17-22(29(24)18-21-12-8-7-11-20(21)15-26)16-27-23(25(30)31)14-19-9-5-4-6-10-19/h4-12,17,23,27H,2-3,13-14,16,18H2,1H3,(H,30,31)/t23-/m0/s1. The van der Waals surface area contributed by atoms with E-state index in [0.29, 0.717) is 25.1 Å². The van der Waals surface area contributed by atoms with Gasteiger partial charge in [0.1, 0.15) is 11.9 Å². The minimum absolute atomic E-state index is 0.387. The average molecular weight is 417 g/mol. The van der Waals surface area contributed by atoms with Gasteiger partial charge in [-0.1, -0.05) is 61.9 Å². The fourth-order valence-electron chi connectivity index (χ4n) is 3.58. The largest absolute Gasteiger partial charge is 0.480 e. The summed E-state index contributed by atoms with van der Waals surface area (Å²) in [6.45, 7) is 3.07. The molecular weight excluding hydrogens is 388 g/mol.